The minimum absolute atomic E-state index is 0.169. The van der Waals surface area contributed by atoms with Crippen LogP contribution in [0.4, 0.5) is 0 Å². The zero-order chi connectivity index (χ0) is 39.8. The van der Waals surface area contributed by atoms with E-state index < -0.39 is 6.10 Å². The molecule has 0 saturated heterocycles. The first-order valence-corrected chi connectivity index (χ1v) is 24.9. The van der Waals surface area contributed by atoms with Crippen molar-refractivity contribution in [1.82, 2.24) is 0 Å². The molecule has 0 bridgehead atoms. The van der Waals surface area contributed by atoms with Crippen LogP contribution in [0.2, 0.25) is 0 Å². The Hall–Kier alpha value is -1.13. The van der Waals surface area contributed by atoms with Gasteiger partial charge in [-0.05, 0) is 44.9 Å². The van der Waals surface area contributed by atoms with Gasteiger partial charge in [0, 0.05) is 13.0 Å². The molecule has 1 atom stereocenters. The Morgan fingerprint density at radius 2 is 0.764 bits per heavy atom. The van der Waals surface area contributed by atoms with Crippen molar-refractivity contribution >= 4 is 5.97 Å². The highest BCUT2D eigenvalue weighted by molar-refractivity contribution is 5.69. The molecular formula is C51H98O4. The number of rotatable bonds is 47. The third kappa shape index (κ3) is 47.1. The lowest BCUT2D eigenvalue weighted by molar-refractivity contribution is -0.154. The number of unbranched alkanes of at least 4 members (excludes halogenated alkanes) is 35. The van der Waals surface area contributed by atoms with Gasteiger partial charge >= 0.3 is 5.97 Å². The third-order valence-electron chi connectivity index (χ3n) is 11.3. The Balaban J connectivity index is 3.36. The molecule has 0 aliphatic rings. The fourth-order valence-corrected chi connectivity index (χ4v) is 7.54. The van der Waals surface area contributed by atoms with Crippen molar-refractivity contribution in [2.75, 3.05) is 19.8 Å². The molecule has 0 aromatic rings. The lowest BCUT2D eigenvalue weighted by Crippen LogP contribution is -2.27. The van der Waals surface area contributed by atoms with Crippen molar-refractivity contribution in [2.24, 2.45) is 0 Å². The van der Waals surface area contributed by atoms with Gasteiger partial charge in [0.1, 0.15) is 6.10 Å². The molecular weight excluding hydrogens is 677 g/mol. The molecule has 4 nitrogen and oxygen atoms in total. The van der Waals surface area contributed by atoms with E-state index in [4.69, 9.17) is 9.47 Å². The van der Waals surface area contributed by atoms with E-state index in [1.165, 1.54) is 225 Å². The van der Waals surface area contributed by atoms with Crippen LogP contribution < -0.4 is 0 Å². The Bertz CT molecular complexity index is 777. The number of esters is 1. The predicted molar refractivity (Wildman–Crippen MR) is 242 cm³/mol. The van der Waals surface area contributed by atoms with Crippen molar-refractivity contribution in [3.05, 3.63) is 24.3 Å². The van der Waals surface area contributed by atoms with Gasteiger partial charge in [-0.15, -0.1) is 0 Å². The largest absolute Gasteiger partial charge is 0.457 e. The summed E-state index contributed by atoms with van der Waals surface area (Å²) in [5, 5.41) is 9.64. The number of hydrogen-bond donors (Lipinski definition) is 1. The van der Waals surface area contributed by atoms with Crippen LogP contribution in [0.25, 0.3) is 0 Å². The van der Waals surface area contributed by atoms with Crippen LogP contribution in [0.3, 0.4) is 0 Å². The molecule has 1 unspecified atom stereocenters. The number of aliphatic hydroxyl groups excluding tert-OH is 1. The second-order valence-corrected chi connectivity index (χ2v) is 16.9. The van der Waals surface area contributed by atoms with E-state index >= 15 is 0 Å². The monoisotopic (exact) mass is 775 g/mol. The number of aliphatic hydroxyl groups is 1. The molecule has 0 spiro atoms. The summed E-state index contributed by atoms with van der Waals surface area (Å²) in [6.45, 7) is 5.36. The number of carbonyl (C=O) groups is 1. The summed E-state index contributed by atoms with van der Waals surface area (Å²) in [6, 6.07) is 0. The van der Waals surface area contributed by atoms with E-state index in [0.29, 0.717) is 19.6 Å². The predicted octanol–water partition coefficient (Wildman–Crippen LogP) is 16.7. The molecule has 326 valence electrons. The maximum Gasteiger partial charge on any atom is 0.306 e. The molecule has 0 amide bonds. The van der Waals surface area contributed by atoms with Gasteiger partial charge in [-0.25, -0.2) is 0 Å². The van der Waals surface area contributed by atoms with Gasteiger partial charge < -0.3 is 14.6 Å². The summed E-state index contributed by atoms with van der Waals surface area (Å²) in [6.07, 6.45) is 61.2. The molecule has 0 heterocycles. The van der Waals surface area contributed by atoms with E-state index in [1.54, 1.807) is 0 Å². The van der Waals surface area contributed by atoms with Gasteiger partial charge in [-0.3, -0.25) is 4.79 Å². The quantitative estimate of drug-likeness (QED) is 0.0380. The molecule has 4 heteroatoms. The van der Waals surface area contributed by atoms with Crippen LogP contribution in [0.15, 0.2) is 24.3 Å². The average Bonchev–Trinajstić information content (AvgIpc) is 3.19. The van der Waals surface area contributed by atoms with Crippen molar-refractivity contribution in [1.29, 1.82) is 0 Å². The van der Waals surface area contributed by atoms with Gasteiger partial charge in [0.15, 0.2) is 0 Å². The van der Waals surface area contributed by atoms with E-state index in [0.717, 1.165) is 25.7 Å². The Morgan fingerprint density at radius 1 is 0.436 bits per heavy atom. The molecule has 0 fully saturated rings. The minimum atomic E-state index is -0.534. The van der Waals surface area contributed by atoms with Crippen LogP contribution in [0.1, 0.15) is 271 Å². The number of ether oxygens (including phenoxy) is 2. The van der Waals surface area contributed by atoms with Crippen molar-refractivity contribution in [3.8, 4) is 0 Å². The smallest absolute Gasteiger partial charge is 0.306 e. The van der Waals surface area contributed by atoms with Crippen LogP contribution >= 0.6 is 0 Å². The van der Waals surface area contributed by atoms with Gasteiger partial charge in [0.05, 0.1) is 13.2 Å². The second-order valence-electron chi connectivity index (χ2n) is 16.9. The molecule has 55 heavy (non-hydrogen) atoms. The van der Waals surface area contributed by atoms with Crippen LogP contribution in [-0.2, 0) is 14.3 Å². The fourth-order valence-electron chi connectivity index (χ4n) is 7.54. The second kappa shape index (κ2) is 49.0. The van der Waals surface area contributed by atoms with Crippen LogP contribution in [0.5, 0.6) is 0 Å². The van der Waals surface area contributed by atoms with Gasteiger partial charge in [0.2, 0.25) is 0 Å². The summed E-state index contributed by atoms with van der Waals surface area (Å²) in [7, 11) is 0. The van der Waals surface area contributed by atoms with Crippen molar-refractivity contribution in [2.45, 2.75) is 277 Å². The van der Waals surface area contributed by atoms with E-state index in [1.807, 2.05) is 0 Å². The maximum absolute atomic E-state index is 12.3. The molecule has 1 N–H and O–H groups in total. The summed E-state index contributed by atoms with van der Waals surface area (Å²) >= 11 is 0. The molecule has 0 aromatic carbocycles. The third-order valence-corrected chi connectivity index (χ3v) is 11.3. The SMILES string of the molecule is CCCCC/C=C\C/C=C\CCCCCCCCCCOCC(CO)OC(=O)CCCCCCCCCCCCCCCCCCCCCCCCCCC. The molecule has 0 rings (SSSR count). The van der Waals surface area contributed by atoms with Crippen LogP contribution in [0, 0.1) is 0 Å². The molecule has 0 aliphatic heterocycles. The Labute approximate surface area is 345 Å². The van der Waals surface area contributed by atoms with Gasteiger partial charge in [0.25, 0.3) is 0 Å². The van der Waals surface area contributed by atoms with Crippen molar-refractivity contribution < 1.29 is 19.4 Å². The normalized spacial score (nSPS) is 12.4. The average molecular weight is 775 g/mol. The molecule has 0 aromatic heterocycles. The molecule has 0 saturated carbocycles. The van der Waals surface area contributed by atoms with Crippen molar-refractivity contribution in [3.63, 3.8) is 0 Å². The van der Waals surface area contributed by atoms with E-state index in [2.05, 4.69) is 38.2 Å². The number of allylic oxidation sites excluding steroid dienone is 4. The number of carbonyl (C=O) groups excluding carboxylic acids is 1. The minimum Gasteiger partial charge on any atom is -0.457 e. The first-order valence-electron chi connectivity index (χ1n) is 24.9. The zero-order valence-electron chi connectivity index (χ0n) is 37.5. The molecule has 0 aliphatic carbocycles. The standard InChI is InChI=1S/C51H98O4/c1-3-5-7-9-11-13-15-17-19-21-23-24-25-26-27-28-29-30-32-34-36-38-40-42-44-46-51(53)55-50(48-52)49-54-47-45-43-41-39-37-35-33-31-22-20-18-16-14-12-10-8-6-4-2/h12,14,18,20,50,52H,3-11,13,15-17,19,21-49H2,1-2H3/b14-12-,20-18-. The van der Waals surface area contributed by atoms with Gasteiger partial charge in [-0.2, -0.15) is 0 Å². The van der Waals surface area contributed by atoms with Crippen LogP contribution in [-0.4, -0.2) is 37.0 Å². The maximum atomic E-state index is 12.3. The summed E-state index contributed by atoms with van der Waals surface area (Å²) < 4.78 is 11.2. The summed E-state index contributed by atoms with van der Waals surface area (Å²) in [5.41, 5.74) is 0. The lowest BCUT2D eigenvalue weighted by Gasteiger charge is -2.16. The zero-order valence-corrected chi connectivity index (χ0v) is 37.5. The fraction of sp³-hybridized carbons (Fsp3) is 0.902. The van der Waals surface area contributed by atoms with E-state index in [9.17, 15) is 9.90 Å². The molecule has 0 radical (unpaired) electrons. The Kier molecular flexibility index (Phi) is 48.0. The summed E-state index contributed by atoms with van der Waals surface area (Å²) in [5.74, 6) is -0.196. The number of hydrogen-bond acceptors (Lipinski definition) is 4. The highest BCUT2D eigenvalue weighted by Gasteiger charge is 2.13. The lowest BCUT2D eigenvalue weighted by atomic mass is 10.0. The van der Waals surface area contributed by atoms with E-state index in [-0.39, 0.29) is 12.6 Å². The summed E-state index contributed by atoms with van der Waals surface area (Å²) in [4.78, 5) is 12.3. The first-order chi connectivity index (χ1) is 27.2. The highest BCUT2D eigenvalue weighted by Crippen LogP contribution is 2.17. The topological polar surface area (TPSA) is 55.8 Å². The van der Waals surface area contributed by atoms with Gasteiger partial charge in [-0.1, -0.05) is 244 Å². The Morgan fingerprint density at radius 3 is 1.16 bits per heavy atom. The first kappa shape index (κ1) is 53.9. The highest BCUT2D eigenvalue weighted by atomic mass is 16.6.